The summed E-state index contributed by atoms with van der Waals surface area (Å²) in [5.74, 6) is -1.14. The number of benzene rings is 2. The molecule has 1 aromatic heterocycles. The lowest BCUT2D eigenvalue weighted by Crippen LogP contribution is -2.44. The average Bonchev–Trinajstić information content (AvgIpc) is 3.18. The van der Waals surface area contributed by atoms with E-state index in [0.29, 0.717) is 11.3 Å². The number of hydrogen-bond donors (Lipinski definition) is 2. The van der Waals surface area contributed by atoms with Crippen LogP contribution in [0.15, 0.2) is 41.0 Å². The van der Waals surface area contributed by atoms with E-state index >= 15 is 0 Å². The van der Waals surface area contributed by atoms with E-state index in [1.165, 1.54) is 11.8 Å². The molecule has 136 valence electrons. The predicted octanol–water partition coefficient (Wildman–Crippen LogP) is 2.17. The van der Waals surface area contributed by atoms with Crippen LogP contribution in [-0.2, 0) is 9.59 Å². The smallest absolute Gasteiger partial charge is 0.259 e. The van der Waals surface area contributed by atoms with Crippen molar-refractivity contribution < 1.29 is 19.0 Å². The molecular weight excluding hydrogens is 350 g/mol. The molecule has 0 radical (unpaired) electrons. The van der Waals surface area contributed by atoms with Crippen molar-refractivity contribution in [1.82, 2.24) is 10.3 Å². The Morgan fingerprint density at radius 2 is 1.74 bits per heavy atom. The summed E-state index contributed by atoms with van der Waals surface area (Å²) in [5.41, 5.74) is 1.24. The van der Waals surface area contributed by atoms with Gasteiger partial charge in [0.2, 0.25) is 23.5 Å². The first-order valence-corrected chi connectivity index (χ1v) is 8.23. The van der Waals surface area contributed by atoms with Crippen LogP contribution in [0.2, 0.25) is 0 Å². The number of amides is 3. The molecule has 27 heavy (non-hydrogen) atoms. The summed E-state index contributed by atoms with van der Waals surface area (Å²) in [4.78, 5) is 38.2. The number of hydrogen-bond acceptors (Lipinski definition) is 6. The first-order valence-electron chi connectivity index (χ1n) is 8.23. The molecule has 3 amide bonds. The highest BCUT2D eigenvalue weighted by molar-refractivity contribution is 6.27. The van der Waals surface area contributed by atoms with Gasteiger partial charge in [0, 0.05) is 17.9 Å². The monoisotopic (exact) mass is 365 g/mol. The van der Waals surface area contributed by atoms with Crippen molar-refractivity contribution in [3.05, 3.63) is 42.0 Å². The maximum atomic E-state index is 12.9. The number of rotatable bonds is 4. The van der Waals surface area contributed by atoms with Crippen molar-refractivity contribution >= 4 is 45.8 Å². The fraction of sp³-hybridized carbons (Fsp3) is 0.167. The molecule has 1 atom stereocenters. The largest absolute Gasteiger partial charge is 0.305 e. The quantitative estimate of drug-likeness (QED) is 0.732. The van der Waals surface area contributed by atoms with Crippen molar-refractivity contribution in [2.75, 3.05) is 15.5 Å². The minimum Gasteiger partial charge on any atom is -0.305 e. The van der Waals surface area contributed by atoms with E-state index in [4.69, 9.17) is 0 Å². The molecule has 0 spiro atoms. The van der Waals surface area contributed by atoms with Crippen molar-refractivity contribution in [2.45, 2.75) is 19.9 Å². The molecule has 1 aliphatic heterocycles. The maximum Gasteiger partial charge on any atom is 0.259 e. The van der Waals surface area contributed by atoms with E-state index in [9.17, 15) is 14.4 Å². The fourth-order valence-corrected chi connectivity index (χ4v) is 3.18. The summed E-state index contributed by atoms with van der Waals surface area (Å²) in [6.45, 7) is 2.91. The number of carbonyl (C=O) groups is 3. The Bertz CT molecular complexity index is 1090. The van der Waals surface area contributed by atoms with E-state index in [1.807, 2.05) is 24.3 Å². The van der Waals surface area contributed by atoms with E-state index in [1.54, 1.807) is 19.1 Å². The van der Waals surface area contributed by atoms with Crippen LogP contribution in [0.25, 0.3) is 10.8 Å². The van der Waals surface area contributed by atoms with Gasteiger partial charge in [-0.15, -0.1) is 0 Å². The molecule has 0 fully saturated rings. The van der Waals surface area contributed by atoms with E-state index < -0.39 is 11.9 Å². The summed E-state index contributed by atoms with van der Waals surface area (Å²) in [6.07, 6.45) is 0. The van der Waals surface area contributed by atoms with Crippen molar-refractivity contribution in [3.63, 3.8) is 0 Å². The van der Waals surface area contributed by atoms with Crippen LogP contribution in [0, 0.1) is 0 Å². The molecular formula is C18H15N5O4. The van der Waals surface area contributed by atoms with E-state index in [0.717, 1.165) is 10.8 Å². The third-order valence-electron chi connectivity index (χ3n) is 4.38. The molecule has 9 nitrogen and oxygen atoms in total. The highest BCUT2D eigenvalue weighted by Gasteiger charge is 2.36. The first kappa shape index (κ1) is 16.7. The maximum absolute atomic E-state index is 12.9. The Balaban J connectivity index is 1.62. The second kappa shape index (κ2) is 6.20. The lowest BCUT2D eigenvalue weighted by Gasteiger charge is -2.24. The van der Waals surface area contributed by atoms with Crippen LogP contribution in [0.3, 0.4) is 0 Å². The molecule has 3 aromatic rings. The number of nitrogens with one attached hydrogen (secondary N) is 2. The summed E-state index contributed by atoms with van der Waals surface area (Å²) >= 11 is 0. The molecule has 0 bridgehead atoms. The van der Waals surface area contributed by atoms with Crippen LogP contribution in [0.5, 0.6) is 0 Å². The molecule has 1 aliphatic rings. The van der Waals surface area contributed by atoms with Gasteiger partial charge in [0.1, 0.15) is 6.04 Å². The third kappa shape index (κ3) is 2.69. The van der Waals surface area contributed by atoms with Gasteiger partial charge in [0.15, 0.2) is 0 Å². The molecule has 4 rings (SSSR count). The van der Waals surface area contributed by atoms with Gasteiger partial charge < -0.3 is 10.6 Å². The van der Waals surface area contributed by atoms with Crippen LogP contribution in [0.4, 0.5) is 17.3 Å². The number of carbonyl (C=O) groups excluding carboxylic acids is 3. The van der Waals surface area contributed by atoms with Crippen LogP contribution in [-0.4, -0.2) is 34.1 Å². The zero-order valence-corrected chi connectivity index (χ0v) is 14.5. The molecule has 2 N–H and O–H groups in total. The highest BCUT2D eigenvalue weighted by atomic mass is 16.6. The summed E-state index contributed by atoms with van der Waals surface area (Å²) < 4.78 is 4.56. The van der Waals surface area contributed by atoms with Crippen LogP contribution >= 0.6 is 0 Å². The highest BCUT2D eigenvalue weighted by Crippen LogP contribution is 2.38. The van der Waals surface area contributed by atoms with Gasteiger partial charge in [0.25, 0.3) is 5.91 Å². The number of anilines is 3. The van der Waals surface area contributed by atoms with Crippen molar-refractivity contribution in [1.29, 1.82) is 0 Å². The van der Waals surface area contributed by atoms with E-state index in [-0.39, 0.29) is 23.5 Å². The van der Waals surface area contributed by atoms with Crippen molar-refractivity contribution in [2.24, 2.45) is 0 Å². The normalized spacial score (nSPS) is 13.7. The lowest BCUT2D eigenvalue weighted by atomic mass is 10.1. The van der Waals surface area contributed by atoms with Gasteiger partial charge in [-0.2, -0.15) is 0 Å². The standard InChI is InChI=1S/C18H15N5O4/c1-9(17(25)20-16-15(19-10(2)24)21-27-22-16)23-13-8-4-6-11-5-3-7-12(14(11)13)18(23)26/h3-9H,1-2H3,(H,19,21,24)(H,20,22,25). The molecule has 0 aliphatic carbocycles. The van der Waals surface area contributed by atoms with Gasteiger partial charge in [-0.05, 0) is 34.8 Å². The van der Waals surface area contributed by atoms with Crippen molar-refractivity contribution in [3.8, 4) is 0 Å². The molecule has 0 saturated heterocycles. The Morgan fingerprint density at radius 1 is 1.07 bits per heavy atom. The van der Waals surface area contributed by atoms with Gasteiger partial charge in [0.05, 0.1) is 5.69 Å². The summed E-state index contributed by atoms with van der Waals surface area (Å²) in [5, 5.41) is 13.8. The minimum absolute atomic E-state index is 0.00110. The van der Waals surface area contributed by atoms with Gasteiger partial charge >= 0.3 is 0 Å². The summed E-state index contributed by atoms with van der Waals surface area (Å²) in [7, 11) is 0. The zero-order valence-electron chi connectivity index (χ0n) is 14.5. The minimum atomic E-state index is -0.822. The average molecular weight is 365 g/mol. The van der Waals surface area contributed by atoms with Crippen LogP contribution in [0.1, 0.15) is 24.2 Å². The summed E-state index contributed by atoms with van der Waals surface area (Å²) in [6, 6.07) is 10.2. The topological polar surface area (TPSA) is 117 Å². The van der Waals surface area contributed by atoms with Crippen LogP contribution < -0.4 is 15.5 Å². The Morgan fingerprint density at radius 3 is 2.44 bits per heavy atom. The fourth-order valence-electron chi connectivity index (χ4n) is 3.18. The Kier molecular flexibility index (Phi) is 3.84. The SMILES string of the molecule is CC(=O)Nc1nonc1NC(=O)C(C)N1C(=O)c2cccc3cccc1c23. The first-order chi connectivity index (χ1) is 13.0. The second-order valence-corrected chi connectivity index (χ2v) is 6.16. The van der Waals surface area contributed by atoms with Gasteiger partial charge in [-0.25, -0.2) is 4.63 Å². The second-order valence-electron chi connectivity index (χ2n) is 6.16. The molecule has 0 saturated carbocycles. The number of aromatic nitrogens is 2. The third-order valence-corrected chi connectivity index (χ3v) is 4.38. The molecule has 2 heterocycles. The Labute approximate surface area is 153 Å². The van der Waals surface area contributed by atoms with Gasteiger partial charge in [-0.3, -0.25) is 19.3 Å². The number of nitrogens with zero attached hydrogens (tertiary/aromatic N) is 3. The zero-order chi connectivity index (χ0) is 19.1. The van der Waals surface area contributed by atoms with Gasteiger partial charge in [-0.1, -0.05) is 24.3 Å². The molecule has 9 heteroatoms. The Hall–Kier alpha value is -3.75. The molecule has 2 aromatic carbocycles. The molecule has 1 unspecified atom stereocenters. The predicted molar refractivity (Wildman–Crippen MR) is 97.5 cm³/mol. The lowest BCUT2D eigenvalue weighted by molar-refractivity contribution is -0.117. The van der Waals surface area contributed by atoms with E-state index in [2.05, 4.69) is 25.6 Å².